The van der Waals surface area contributed by atoms with E-state index < -0.39 is 10.0 Å². The first-order chi connectivity index (χ1) is 8.54. The highest BCUT2D eigenvalue weighted by atomic mass is 32.2. The number of rotatable bonds is 8. The smallest absolute Gasteiger partial charge is 0.217 e. The van der Waals surface area contributed by atoms with Crippen molar-refractivity contribution in [3.8, 4) is 0 Å². The van der Waals surface area contributed by atoms with Gasteiger partial charge in [-0.15, -0.1) is 0 Å². The van der Waals surface area contributed by atoms with Crippen LogP contribution in [0.3, 0.4) is 0 Å². The molecule has 2 saturated carbocycles. The first-order valence-corrected chi connectivity index (χ1v) is 8.76. The Balaban J connectivity index is 1.87. The van der Waals surface area contributed by atoms with E-state index in [9.17, 15) is 8.42 Å². The van der Waals surface area contributed by atoms with Gasteiger partial charge in [-0.25, -0.2) is 12.7 Å². The Morgan fingerprint density at radius 2 is 1.94 bits per heavy atom. The van der Waals surface area contributed by atoms with Gasteiger partial charge in [0.2, 0.25) is 10.0 Å². The molecule has 0 aromatic heterocycles. The SMILES string of the molecule is CCN(CC1CCC1)S(=O)(=O)C(C)CNC1CC1. The molecule has 0 aromatic rings. The van der Waals surface area contributed by atoms with Crippen molar-refractivity contribution in [2.24, 2.45) is 5.92 Å². The maximum atomic E-state index is 12.5. The highest BCUT2D eigenvalue weighted by Crippen LogP contribution is 2.28. The van der Waals surface area contributed by atoms with Crippen LogP contribution in [-0.2, 0) is 10.0 Å². The van der Waals surface area contributed by atoms with Crippen LogP contribution < -0.4 is 5.32 Å². The minimum absolute atomic E-state index is 0.307. The molecule has 1 unspecified atom stereocenters. The summed E-state index contributed by atoms with van der Waals surface area (Å²) in [6, 6.07) is 0.573. The van der Waals surface area contributed by atoms with Gasteiger partial charge in [-0.3, -0.25) is 0 Å². The highest BCUT2D eigenvalue weighted by molar-refractivity contribution is 7.89. The third kappa shape index (κ3) is 3.45. The molecule has 0 spiro atoms. The molecule has 106 valence electrons. The zero-order valence-corrected chi connectivity index (χ0v) is 12.4. The van der Waals surface area contributed by atoms with Crippen molar-refractivity contribution >= 4 is 10.0 Å². The second-order valence-electron chi connectivity index (χ2n) is 5.79. The van der Waals surface area contributed by atoms with E-state index in [4.69, 9.17) is 0 Å². The second kappa shape index (κ2) is 5.88. The van der Waals surface area contributed by atoms with Gasteiger partial charge in [0.15, 0.2) is 0 Å². The zero-order valence-electron chi connectivity index (χ0n) is 11.6. The van der Waals surface area contributed by atoms with Crippen LogP contribution in [0.15, 0.2) is 0 Å². The lowest BCUT2D eigenvalue weighted by molar-refractivity contribution is 0.248. The van der Waals surface area contributed by atoms with Crippen LogP contribution >= 0.6 is 0 Å². The van der Waals surface area contributed by atoms with Crippen LogP contribution in [0, 0.1) is 5.92 Å². The lowest BCUT2D eigenvalue weighted by Crippen LogP contribution is -2.45. The standard InChI is InChI=1S/C13H26N2O2S/c1-3-15(10-12-5-4-6-12)18(16,17)11(2)9-14-13-7-8-13/h11-14H,3-10H2,1-2H3. The topological polar surface area (TPSA) is 49.4 Å². The van der Waals surface area contributed by atoms with E-state index in [1.807, 2.05) is 13.8 Å². The van der Waals surface area contributed by atoms with Crippen molar-refractivity contribution in [2.75, 3.05) is 19.6 Å². The van der Waals surface area contributed by atoms with E-state index in [0.717, 1.165) is 6.54 Å². The molecule has 2 aliphatic rings. The van der Waals surface area contributed by atoms with E-state index in [-0.39, 0.29) is 5.25 Å². The zero-order chi connectivity index (χ0) is 13.2. The molecule has 0 saturated heterocycles. The molecule has 2 rings (SSSR count). The number of hydrogen-bond donors (Lipinski definition) is 1. The van der Waals surface area contributed by atoms with Gasteiger partial charge in [0.05, 0.1) is 5.25 Å². The van der Waals surface area contributed by atoms with Gasteiger partial charge in [-0.2, -0.15) is 0 Å². The van der Waals surface area contributed by atoms with Crippen LogP contribution in [-0.4, -0.2) is 43.6 Å². The molecule has 0 aromatic carbocycles. The van der Waals surface area contributed by atoms with E-state index in [1.165, 1.54) is 32.1 Å². The molecule has 0 amide bonds. The summed E-state index contributed by atoms with van der Waals surface area (Å²) in [6.07, 6.45) is 6.06. The Bertz CT molecular complexity index is 361. The van der Waals surface area contributed by atoms with Gasteiger partial charge in [0.25, 0.3) is 0 Å². The highest BCUT2D eigenvalue weighted by Gasteiger charge is 2.32. The largest absolute Gasteiger partial charge is 0.313 e. The third-order valence-electron chi connectivity index (χ3n) is 4.18. The summed E-state index contributed by atoms with van der Waals surface area (Å²) in [4.78, 5) is 0. The predicted octanol–water partition coefficient (Wildman–Crippen LogP) is 1.58. The summed E-state index contributed by atoms with van der Waals surface area (Å²) >= 11 is 0. The number of hydrogen-bond acceptors (Lipinski definition) is 3. The molecule has 2 fully saturated rings. The van der Waals surface area contributed by atoms with E-state index in [0.29, 0.717) is 25.0 Å². The lowest BCUT2D eigenvalue weighted by atomic mass is 9.85. The average Bonchev–Trinajstić information content (AvgIpc) is 3.07. The molecular formula is C13H26N2O2S. The van der Waals surface area contributed by atoms with E-state index in [1.54, 1.807) is 4.31 Å². The molecule has 0 radical (unpaired) electrons. The van der Waals surface area contributed by atoms with Crippen molar-refractivity contribution < 1.29 is 8.42 Å². The molecule has 1 N–H and O–H groups in total. The van der Waals surface area contributed by atoms with Gasteiger partial charge in [0.1, 0.15) is 0 Å². The summed E-state index contributed by atoms with van der Waals surface area (Å²) in [5.74, 6) is 0.600. The number of nitrogens with zero attached hydrogens (tertiary/aromatic N) is 1. The van der Waals surface area contributed by atoms with Crippen molar-refractivity contribution in [1.29, 1.82) is 0 Å². The molecule has 1 atom stereocenters. The van der Waals surface area contributed by atoms with Crippen LogP contribution in [0.1, 0.15) is 46.0 Å². The molecule has 2 aliphatic carbocycles. The Morgan fingerprint density at radius 1 is 1.28 bits per heavy atom. The fraction of sp³-hybridized carbons (Fsp3) is 1.00. The van der Waals surface area contributed by atoms with Crippen molar-refractivity contribution in [2.45, 2.75) is 57.2 Å². The lowest BCUT2D eigenvalue weighted by Gasteiger charge is -2.32. The van der Waals surface area contributed by atoms with Crippen molar-refractivity contribution in [1.82, 2.24) is 9.62 Å². The summed E-state index contributed by atoms with van der Waals surface area (Å²) in [5, 5.41) is 3.01. The molecule has 0 aliphatic heterocycles. The quantitative estimate of drug-likeness (QED) is 0.731. The molecule has 0 heterocycles. The fourth-order valence-electron chi connectivity index (χ4n) is 2.36. The Hall–Kier alpha value is -0.130. The number of sulfonamides is 1. The van der Waals surface area contributed by atoms with Gasteiger partial charge >= 0.3 is 0 Å². The van der Waals surface area contributed by atoms with Gasteiger partial charge < -0.3 is 5.32 Å². The fourth-order valence-corrected chi connectivity index (χ4v) is 3.95. The maximum Gasteiger partial charge on any atom is 0.217 e. The Morgan fingerprint density at radius 3 is 2.39 bits per heavy atom. The molecule has 0 bridgehead atoms. The second-order valence-corrected chi connectivity index (χ2v) is 8.14. The summed E-state index contributed by atoms with van der Waals surface area (Å²) in [7, 11) is -3.12. The van der Waals surface area contributed by atoms with E-state index in [2.05, 4.69) is 5.32 Å². The first-order valence-electron chi connectivity index (χ1n) is 7.26. The van der Waals surface area contributed by atoms with Crippen LogP contribution in [0.4, 0.5) is 0 Å². The molecule has 18 heavy (non-hydrogen) atoms. The van der Waals surface area contributed by atoms with Gasteiger partial charge in [-0.05, 0) is 38.5 Å². The molecule has 4 nitrogen and oxygen atoms in total. The number of nitrogens with one attached hydrogen (secondary N) is 1. The summed E-state index contributed by atoms with van der Waals surface area (Å²) in [5.41, 5.74) is 0. The van der Waals surface area contributed by atoms with Crippen molar-refractivity contribution in [3.05, 3.63) is 0 Å². The van der Waals surface area contributed by atoms with E-state index >= 15 is 0 Å². The monoisotopic (exact) mass is 274 g/mol. The average molecular weight is 274 g/mol. The minimum Gasteiger partial charge on any atom is -0.313 e. The Kier molecular flexibility index (Phi) is 4.67. The van der Waals surface area contributed by atoms with Crippen LogP contribution in [0.2, 0.25) is 0 Å². The Labute approximate surface area is 111 Å². The first kappa shape index (κ1) is 14.3. The normalized spacial score (nSPS) is 23.1. The minimum atomic E-state index is -3.12. The van der Waals surface area contributed by atoms with Crippen LogP contribution in [0.25, 0.3) is 0 Å². The molecular weight excluding hydrogens is 248 g/mol. The third-order valence-corrected chi connectivity index (χ3v) is 6.49. The maximum absolute atomic E-state index is 12.5. The summed E-state index contributed by atoms with van der Waals surface area (Å²) < 4.78 is 26.6. The van der Waals surface area contributed by atoms with Crippen molar-refractivity contribution in [3.63, 3.8) is 0 Å². The predicted molar refractivity (Wildman–Crippen MR) is 74.0 cm³/mol. The van der Waals surface area contributed by atoms with Gasteiger partial charge in [0, 0.05) is 25.7 Å². The molecule has 5 heteroatoms. The van der Waals surface area contributed by atoms with Crippen LogP contribution in [0.5, 0.6) is 0 Å². The summed E-state index contributed by atoms with van der Waals surface area (Å²) in [6.45, 7) is 5.69. The van der Waals surface area contributed by atoms with Gasteiger partial charge in [-0.1, -0.05) is 13.3 Å².